The van der Waals surface area contributed by atoms with Crippen LogP contribution in [-0.4, -0.2) is 41.6 Å². The Hall–Kier alpha value is -3.29. The third-order valence-electron chi connectivity index (χ3n) is 4.38. The number of hydrogen-bond acceptors (Lipinski definition) is 5. The molecule has 0 atom stereocenters. The summed E-state index contributed by atoms with van der Waals surface area (Å²) >= 11 is 0. The molecule has 0 saturated carbocycles. The van der Waals surface area contributed by atoms with Crippen molar-refractivity contribution in [2.45, 2.75) is 19.8 Å². The number of hydrogen-bond donors (Lipinski definition) is 1. The molecule has 0 unspecified atom stereocenters. The van der Waals surface area contributed by atoms with E-state index in [0.717, 1.165) is 35.4 Å². The summed E-state index contributed by atoms with van der Waals surface area (Å²) in [6.07, 6.45) is 3.22. The monoisotopic (exact) mass is 349 g/mol. The molecular formula is C18H19N7O. The number of para-hydroxylation sites is 2. The SMILES string of the molecule is Cc1ccnc2nc(C(=O)NCCCc3nc4ccccc4n3C)nn12. The first kappa shape index (κ1) is 16.2. The van der Waals surface area contributed by atoms with Crippen molar-refractivity contribution in [1.29, 1.82) is 0 Å². The van der Waals surface area contributed by atoms with Crippen LogP contribution in [0.3, 0.4) is 0 Å². The van der Waals surface area contributed by atoms with Crippen LogP contribution >= 0.6 is 0 Å². The summed E-state index contributed by atoms with van der Waals surface area (Å²) in [5.41, 5.74) is 2.98. The predicted molar refractivity (Wildman–Crippen MR) is 96.9 cm³/mol. The molecule has 0 aliphatic heterocycles. The van der Waals surface area contributed by atoms with Gasteiger partial charge in [0.2, 0.25) is 5.82 Å². The molecule has 0 fully saturated rings. The third kappa shape index (κ3) is 2.90. The number of carbonyl (C=O) groups excluding carboxylic acids is 1. The Morgan fingerprint density at radius 3 is 2.85 bits per heavy atom. The summed E-state index contributed by atoms with van der Waals surface area (Å²) in [4.78, 5) is 25.2. The van der Waals surface area contributed by atoms with E-state index >= 15 is 0 Å². The fraction of sp³-hybridized carbons (Fsp3) is 0.278. The van der Waals surface area contributed by atoms with Gasteiger partial charge in [0.15, 0.2) is 0 Å². The molecule has 8 heteroatoms. The van der Waals surface area contributed by atoms with E-state index < -0.39 is 0 Å². The summed E-state index contributed by atoms with van der Waals surface area (Å²) in [5, 5.41) is 7.07. The number of imidazole rings is 1. The number of aryl methyl sites for hydroxylation is 3. The molecule has 1 amide bonds. The molecule has 132 valence electrons. The predicted octanol–water partition coefficient (Wildman–Crippen LogP) is 1.68. The largest absolute Gasteiger partial charge is 0.349 e. The van der Waals surface area contributed by atoms with Gasteiger partial charge in [-0.25, -0.2) is 14.5 Å². The van der Waals surface area contributed by atoms with E-state index in [1.54, 1.807) is 10.7 Å². The van der Waals surface area contributed by atoms with E-state index in [4.69, 9.17) is 0 Å². The Balaban J connectivity index is 1.37. The van der Waals surface area contributed by atoms with Gasteiger partial charge in [0.25, 0.3) is 11.7 Å². The summed E-state index contributed by atoms with van der Waals surface area (Å²) in [5.74, 6) is 1.27. The number of benzene rings is 1. The molecule has 3 aromatic heterocycles. The molecule has 0 aliphatic rings. The van der Waals surface area contributed by atoms with Gasteiger partial charge in [-0.3, -0.25) is 4.79 Å². The van der Waals surface area contributed by atoms with Crippen molar-refractivity contribution < 1.29 is 4.79 Å². The van der Waals surface area contributed by atoms with Gasteiger partial charge in [0.05, 0.1) is 11.0 Å². The van der Waals surface area contributed by atoms with Crippen molar-refractivity contribution in [2.24, 2.45) is 7.05 Å². The van der Waals surface area contributed by atoms with Crippen LogP contribution in [0.25, 0.3) is 16.8 Å². The number of rotatable bonds is 5. The number of aromatic nitrogens is 6. The summed E-state index contributed by atoms with van der Waals surface area (Å²) in [6, 6.07) is 9.87. The van der Waals surface area contributed by atoms with Crippen molar-refractivity contribution >= 4 is 22.7 Å². The molecule has 8 nitrogen and oxygen atoms in total. The van der Waals surface area contributed by atoms with E-state index in [1.807, 2.05) is 38.2 Å². The van der Waals surface area contributed by atoms with E-state index in [9.17, 15) is 4.79 Å². The molecular weight excluding hydrogens is 330 g/mol. The van der Waals surface area contributed by atoms with Crippen molar-refractivity contribution in [1.82, 2.24) is 34.4 Å². The van der Waals surface area contributed by atoms with Crippen LogP contribution in [0.15, 0.2) is 36.5 Å². The fourth-order valence-corrected chi connectivity index (χ4v) is 2.95. The lowest BCUT2D eigenvalue weighted by Crippen LogP contribution is -2.26. The van der Waals surface area contributed by atoms with Gasteiger partial charge >= 0.3 is 0 Å². The molecule has 1 aromatic carbocycles. The maximum absolute atomic E-state index is 12.2. The number of amides is 1. The second-order valence-electron chi connectivity index (χ2n) is 6.17. The zero-order chi connectivity index (χ0) is 18.1. The molecule has 26 heavy (non-hydrogen) atoms. The Kier molecular flexibility index (Phi) is 4.08. The lowest BCUT2D eigenvalue weighted by molar-refractivity contribution is 0.0943. The highest BCUT2D eigenvalue weighted by Gasteiger charge is 2.14. The van der Waals surface area contributed by atoms with Gasteiger partial charge in [-0.15, -0.1) is 5.10 Å². The van der Waals surface area contributed by atoms with Crippen LogP contribution in [0.5, 0.6) is 0 Å². The number of nitrogens with zero attached hydrogens (tertiary/aromatic N) is 6. The lowest BCUT2D eigenvalue weighted by Gasteiger charge is -2.03. The zero-order valence-electron chi connectivity index (χ0n) is 14.7. The minimum absolute atomic E-state index is 0.134. The highest BCUT2D eigenvalue weighted by atomic mass is 16.2. The zero-order valence-corrected chi connectivity index (χ0v) is 14.7. The Morgan fingerprint density at radius 1 is 1.19 bits per heavy atom. The van der Waals surface area contributed by atoms with E-state index in [-0.39, 0.29) is 11.7 Å². The number of fused-ring (bicyclic) bond motifs is 2. The van der Waals surface area contributed by atoms with Gasteiger partial charge in [0.1, 0.15) is 5.82 Å². The van der Waals surface area contributed by atoms with Crippen LogP contribution in [0.1, 0.15) is 28.6 Å². The van der Waals surface area contributed by atoms with Crippen molar-refractivity contribution in [2.75, 3.05) is 6.54 Å². The van der Waals surface area contributed by atoms with Gasteiger partial charge in [-0.2, -0.15) is 4.98 Å². The number of nitrogens with one attached hydrogen (secondary N) is 1. The standard InChI is InChI=1S/C18H19N7O/c1-12-9-11-20-18-22-16(23-25(12)18)17(26)19-10-5-8-15-21-13-6-3-4-7-14(13)24(15)2/h3-4,6-7,9,11H,5,8,10H2,1-2H3,(H,19,26). The fourth-order valence-electron chi connectivity index (χ4n) is 2.95. The topological polar surface area (TPSA) is 90.0 Å². The maximum atomic E-state index is 12.2. The summed E-state index contributed by atoms with van der Waals surface area (Å²) in [7, 11) is 2.01. The maximum Gasteiger partial charge on any atom is 0.291 e. The van der Waals surface area contributed by atoms with Crippen molar-refractivity contribution in [3.8, 4) is 0 Å². The Bertz CT molecular complexity index is 1100. The first-order chi connectivity index (χ1) is 12.6. The summed E-state index contributed by atoms with van der Waals surface area (Å²) in [6.45, 7) is 2.42. The van der Waals surface area contributed by atoms with Gasteiger partial charge in [-0.05, 0) is 31.5 Å². The molecule has 4 rings (SSSR count). The van der Waals surface area contributed by atoms with Crippen LogP contribution in [0, 0.1) is 6.92 Å². The first-order valence-corrected chi connectivity index (χ1v) is 8.50. The van der Waals surface area contributed by atoms with Gasteiger partial charge in [0, 0.05) is 31.9 Å². The number of carbonyl (C=O) groups is 1. The third-order valence-corrected chi connectivity index (χ3v) is 4.38. The van der Waals surface area contributed by atoms with Crippen LogP contribution in [-0.2, 0) is 13.5 Å². The van der Waals surface area contributed by atoms with Gasteiger partial charge in [-0.1, -0.05) is 12.1 Å². The first-order valence-electron chi connectivity index (χ1n) is 8.50. The minimum Gasteiger partial charge on any atom is -0.349 e. The Labute approximate surface area is 149 Å². The van der Waals surface area contributed by atoms with Crippen molar-refractivity contribution in [3.05, 3.63) is 53.9 Å². The minimum atomic E-state index is -0.292. The van der Waals surface area contributed by atoms with Crippen LogP contribution < -0.4 is 5.32 Å². The average Bonchev–Trinajstić information content (AvgIpc) is 3.22. The highest BCUT2D eigenvalue weighted by molar-refractivity contribution is 5.90. The van der Waals surface area contributed by atoms with E-state index in [1.165, 1.54) is 0 Å². The average molecular weight is 349 g/mol. The van der Waals surface area contributed by atoms with Crippen LogP contribution in [0.4, 0.5) is 0 Å². The molecule has 0 aliphatic carbocycles. The quantitative estimate of drug-likeness (QED) is 0.554. The van der Waals surface area contributed by atoms with E-state index in [0.29, 0.717) is 12.3 Å². The highest BCUT2D eigenvalue weighted by Crippen LogP contribution is 2.15. The molecule has 0 spiro atoms. The molecule has 4 aromatic rings. The molecule has 1 N–H and O–H groups in total. The van der Waals surface area contributed by atoms with E-state index in [2.05, 4.69) is 36.0 Å². The normalized spacial score (nSPS) is 11.3. The second kappa shape index (κ2) is 6.55. The Morgan fingerprint density at radius 2 is 2.04 bits per heavy atom. The van der Waals surface area contributed by atoms with Crippen molar-refractivity contribution in [3.63, 3.8) is 0 Å². The molecule has 3 heterocycles. The smallest absolute Gasteiger partial charge is 0.291 e. The molecule has 0 saturated heterocycles. The van der Waals surface area contributed by atoms with Gasteiger partial charge < -0.3 is 9.88 Å². The second-order valence-corrected chi connectivity index (χ2v) is 6.17. The lowest BCUT2D eigenvalue weighted by atomic mass is 10.3. The van der Waals surface area contributed by atoms with Crippen LogP contribution in [0.2, 0.25) is 0 Å². The summed E-state index contributed by atoms with van der Waals surface area (Å²) < 4.78 is 3.66. The molecule has 0 radical (unpaired) electrons. The molecule has 0 bridgehead atoms.